The summed E-state index contributed by atoms with van der Waals surface area (Å²) >= 11 is 5.84. The monoisotopic (exact) mass is 236 g/mol. The molecule has 1 atom stereocenters. The van der Waals surface area contributed by atoms with Crippen LogP contribution in [0.1, 0.15) is 12.0 Å². The van der Waals surface area contributed by atoms with Gasteiger partial charge in [-0.3, -0.25) is 4.79 Å². The van der Waals surface area contributed by atoms with Crippen LogP contribution in [0.4, 0.5) is 0 Å². The fourth-order valence-corrected chi connectivity index (χ4v) is 2.29. The molecule has 16 heavy (non-hydrogen) atoms. The predicted octanol–water partition coefficient (Wildman–Crippen LogP) is 1.80. The van der Waals surface area contributed by atoms with Gasteiger partial charge in [0.05, 0.1) is 5.41 Å². The third-order valence-electron chi connectivity index (χ3n) is 3.11. The summed E-state index contributed by atoms with van der Waals surface area (Å²) in [5.74, 6) is -0.167. The fraction of sp³-hybridized carbons (Fsp3) is 0.333. The maximum atomic E-state index is 11.9. The van der Waals surface area contributed by atoms with Crippen LogP contribution in [0.2, 0.25) is 5.02 Å². The van der Waals surface area contributed by atoms with Crippen molar-refractivity contribution in [3.8, 4) is 0 Å². The first-order valence-electron chi connectivity index (χ1n) is 5.17. The Morgan fingerprint density at radius 2 is 2.12 bits per heavy atom. The first kappa shape index (κ1) is 11.3. The minimum atomic E-state index is -0.549. The molecule has 4 heteroatoms. The molecule has 0 aromatic heterocycles. The first-order chi connectivity index (χ1) is 7.69. The minimum absolute atomic E-state index is 0.167. The van der Waals surface area contributed by atoms with Crippen molar-refractivity contribution in [2.45, 2.75) is 11.8 Å². The molecule has 0 bridgehead atoms. The largest absolute Gasteiger partial charge is 0.315 e. The Morgan fingerprint density at radius 3 is 2.62 bits per heavy atom. The highest BCUT2D eigenvalue weighted by atomic mass is 35.5. The van der Waals surface area contributed by atoms with E-state index in [0.29, 0.717) is 11.6 Å². The van der Waals surface area contributed by atoms with Crippen molar-refractivity contribution >= 4 is 24.2 Å². The van der Waals surface area contributed by atoms with Crippen LogP contribution < -0.4 is 5.32 Å². The second kappa shape index (κ2) is 4.36. The summed E-state index contributed by atoms with van der Waals surface area (Å²) in [4.78, 5) is 15.5. The van der Waals surface area contributed by atoms with E-state index in [1.54, 1.807) is 12.1 Å². The molecular formula is C12H13ClN2O. The molecule has 0 spiro atoms. The highest BCUT2D eigenvalue weighted by Gasteiger charge is 2.42. The Bertz CT molecular complexity index is 408. The lowest BCUT2D eigenvalue weighted by Crippen LogP contribution is -2.36. The van der Waals surface area contributed by atoms with E-state index < -0.39 is 5.41 Å². The molecule has 0 saturated carbocycles. The van der Waals surface area contributed by atoms with E-state index in [2.05, 4.69) is 17.0 Å². The number of carbonyl (C=O) groups is 1. The summed E-state index contributed by atoms with van der Waals surface area (Å²) in [5, 5.41) is 3.87. The van der Waals surface area contributed by atoms with Crippen LogP contribution in [0.3, 0.4) is 0 Å². The van der Waals surface area contributed by atoms with Gasteiger partial charge in [0.25, 0.3) is 5.91 Å². The van der Waals surface area contributed by atoms with Gasteiger partial charge in [0, 0.05) is 11.6 Å². The number of hydrogen-bond acceptors (Lipinski definition) is 2. The molecular weight excluding hydrogens is 224 g/mol. The van der Waals surface area contributed by atoms with Crippen LogP contribution in [-0.4, -0.2) is 25.7 Å². The summed E-state index contributed by atoms with van der Waals surface area (Å²) < 4.78 is 0. The normalized spacial score (nSPS) is 24.3. The molecule has 1 aliphatic rings. The lowest BCUT2D eigenvalue weighted by atomic mass is 9.79. The van der Waals surface area contributed by atoms with E-state index in [0.717, 1.165) is 18.5 Å². The van der Waals surface area contributed by atoms with Crippen molar-refractivity contribution in [3.63, 3.8) is 0 Å². The third-order valence-corrected chi connectivity index (χ3v) is 3.36. The fourth-order valence-electron chi connectivity index (χ4n) is 2.16. The Balaban J connectivity index is 2.43. The van der Waals surface area contributed by atoms with Gasteiger partial charge in [0.1, 0.15) is 0 Å². The van der Waals surface area contributed by atoms with E-state index in [4.69, 9.17) is 11.6 Å². The summed E-state index contributed by atoms with van der Waals surface area (Å²) in [6.07, 6.45) is 0.756. The van der Waals surface area contributed by atoms with Gasteiger partial charge in [-0.1, -0.05) is 23.7 Å². The topological polar surface area (TPSA) is 41.5 Å². The van der Waals surface area contributed by atoms with E-state index >= 15 is 0 Å². The first-order valence-corrected chi connectivity index (χ1v) is 5.55. The number of nitrogens with one attached hydrogen (secondary N) is 1. The lowest BCUT2D eigenvalue weighted by molar-refractivity contribution is -0.122. The Labute approximate surface area is 99.5 Å². The van der Waals surface area contributed by atoms with Gasteiger partial charge in [-0.05, 0) is 37.4 Å². The number of amides is 1. The molecule has 1 aromatic rings. The highest BCUT2D eigenvalue weighted by Crippen LogP contribution is 2.32. The van der Waals surface area contributed by atoms with Crippen LogP contribution in [0.5, 0.6) is 0 Å². The molecule has 2 rings (SSSR count). The van der Waals surface area contributed by atoms with Gasteiger partial charge < -0.3 is 5.32 Å². The number of benzene rings is 1. The van der Waals surface area contributed by atoms with Crippen molar-refractivity contribution < 1.29 is 4.79 Å². The van der Waals surface area contributed by atoms with Crippen molar-refractivity contribution in [1.82, 2.24) is 5.32 Å². The van der Waals surface area contributed by atoms with Crippen LogP contribution in [-0.2, 0) is 10.2 Å². The zero-order valence-corrected chi connectivity index (χ0v) is 9.63. The summed E-state index contributed by atoms with van der Waals surface area (Å²) in [7, 11) is 0. The smallest absolute Gasteiger partial charge is 0.257 e. The second-order valence-electron chi connectivity index (χ2n) is 3.98. The minimum Gasteiger partial charge on any atom is -0.315 e. The molecule has 1 fully saturated rings. The molecule has 3 nitrogen and oxygen atoms in total. The van der Waals surface area contributed by atoms with E-state index in [1.165, 1.54) is 0 Å². The average Bonchev–Trinajstić information content (AvgIpc) is 2.79. The molecule has 1 aromatic carbocycles. The van der Waals surface area contributed by atoms with E-state index in [-0.39, 0.29) is 5.91 Å². The van der Waals surface area contributed by atoms with Gasteiger partial charge in [0.2, 0.25) is 0 Å². The van der Waals surface area contributed by atoms with Crippen LogP contribution in [0.15, 0.2) is 29.3 Å². The second-order valence-corrected chi connectivity index (χ2v) is 4.42. The standard InChI is InChI=1S/C12H13ClN2O/c1-14-11(16)12(6-7-15-8-12)9-2-4-10(13)5-3-9/h2-5,15H,1,6-8H2. The van der Waals surface area contributed by atoms with Crippen LogP contribution in [0.25, 0.3) is 0 Å². The zero-order valence-electron chi connectivity index (χ0n) is 8.87. The number of halogens is 1. The SMILES string of the molecule is C=NC(=O)C1(c2ccc(Cl)cc2)CCNC1. The van der Waals surface area contributed by atoms with E-state index in [1.807, 2.05) is 12.1 Å². The lowest BCUT2D eigenvalue weighted by Gasteiger charge is -2.24. The van der Waals surface area contributed by atoms with Gasteiger partial charge in [0.15, 0.2) is 0 Å². The average molecular weight is 237 g/mol. The Morgan fingerprint density at radius 1 is 1.44 bits per heavy atom. The van der Waals surface area contributed by atoms with Crippen molar-refractivity contribution in [2.24, 2.45) is 4.99 Å². The van der Waals surface area contributed by atoms with Crippen molar-refractivity contribution in [2.75, 3.05) is 13.1 Å². The van der Waals surface area contributed by atoms with Crippen LogP contribution >= 0.6 is 11.6 Å². The summed E-state index contributed by atoms with van der Waals surface area (Å²) in [6, 6.07) is 7.37. The summed E-state index contributed by atoms with van der Waals surface area (Å²) in [5.41, 5.74) is 0.408. The molecule has 1 N–H and O–H groups in total. The zero-order chi connectivity index (χ0) is 11.6. The van der Waals surface area contributed by atoms with Gasteiger partial charge in [-0.15, -0.1) is 0 Å². The molecule has 1 heterocycles. The summed E-state index contributed by atoms with van der Waals surface area (Å²) in [6.45, 7) is 4.78. The molecule has 0 aliphatic carbocycles. The van der Waals surface area contributed by atoms with Crippen LogP contribution in [0, 0.1) is 0 Å². The molecule has 0 radical (unpaired) electrons. The van der Waals surface area contributed by atoms with Gasteiger partial charge in [-0.2, -0.15) is 0 Å². The van der Waals surface area contributed by atoms with Gasteiger partial charge >= 0.3 is 0 Å². The molecule has 1 aliphatic heterocycles. The Kier molecular flexibility index (Phi) is 3.08. The highest BCUT2D eigenvalue weighted by molar-refractivity contribution is 6.30. The third kappa shape index (κ3) is 1.77. The van der Waals surface area contributed by atoms with E-state index in [9.17, 15) is 4.79 Å². The van der Waals surface area contributed by atoms with Crippen molar-refractivity contribution in [1.29, 1.82) is 0 Å². The maximum Gasteiger partial charge on any atom is 0.257 e. The van der Waals surface area contributed by atoms with Crippen molar-refractivity contribution in [3.05, 3.63) is 34.9 Å². The maximum absolute atomic E-state index is 11.9. The Hall–Kier alpha value is -1.19. The number of rotatable bonds is 2. The van der Waals surface area contributed by atoms with Gasteiger partial charge in [-0.25, -0.2) is 4.99 Å². The molecule has 84 valence electrons. The number of nitrogens with zero attached hydrogens (tertiary/aromatic N) is 1. The quantitative estimate of drug-likeness (QED) is 0.796. The molecule has 1 amide bonds. The molecule has 1 saturated heterocycles. The predicted molar refractivity (Wildman–Crippen MR) is 65.2 cm³/mol. The number of aliphatic imine (C=N–C) groups is 1. The molecule has 1 unspecified atom stereocenters. The number of hydrogen-bond donors (Lipinski definition) is 1. The number of carbonyl (C=O) groups excluding carboxylic acids is 1.